The lowest BCUT2D eigenvalue weighted by Crippen LogP contribution is -2.09. The normalized spacial score (nSPS) is 12.9. The van der Waals surface area contributed by atoms with Crippen molar-refractivity contribution in [3.05, 3.63) is 0 Å². The Hall–Kier alpha value is 0.240. The number of hydrogen-bond donors (Lipinski definition) is 1. The highest BCUT2D eigenvalue weighted by Crippen LogP contribution is 2.12. The molecule has 3 heteroatoms. The largest absolute Gasteiger partial charge is 0.476 e. The van der Waals surface area contributed by atoms with Crippen LogP contribution in [0.5, 0.6) is 0 Å². The number of rotatable bonds is 7. The van der Waals surface area contributed by atoms with Crippen molar-refractivity contribution in [1.29, 1.82) is 0 Å². The second-order valence-corrected chi connectivity index (χ2v) is 5.31. The standard InChI is InChI=1S/C11H22OS2/c1-9(2)7-5-4-6-8-10(3)12-11(13)14/h9-10H,4-8H2,1-3H3,(H,13,14). The fourth-order valence-electron chi connectivity index (χ4n) is 1.39. The fraction of sp³-hybridized carbons (Fsp3) is 0.909. The van der Waals surface area contributed by atoms with Gasteiger partial charge < -0.3 is 4.74 Å². The van der Waals surface area contributed by atoms with Gasteiger partial charge in [0.1, 0.15) is 0 Å². The Kier molecular flexibility index (Phi) is 8.69. The van der Waals surface area contributed by atoms with Crippen LogP contribution in [0.25, 0.3) is 0 Å². The van der Waals surface area contributed by atoms with E-state index in [0.29, 0.717) is 4.38 Å². The zero-order chi connectivity index (χ0) is 11.0. The lowest BCUT2D eigenvalue weighted by atomic mass is 10.0. The summed E-state index contributed by atoms with van der Waals surface area (Å²) in [6.07, 6.45) is 6.49. The molecule has 0 aliphatic rings. The predicted molar refractivity (Wildman–Crippen MR) is 70.1 cm³/mol. The van der Waals surface area contributed by atoms with Crippen LogP contribution in [0.15, 0.2) is 0 Å². The molecular formula is C11H22OS2. The molecule has 0 aliphatic carbocycles. The molecule has 0 amide bonds. The van der Waals surface area contributed by atoms with Crippen molar-refractivity contribution >= 4 is 29.2 Å². The second kappa shape index (κ2) is 8.54. The molecular weight excluding hydrogens is 212 g/mol. The van der Waals surface area contributed by atoms with Gasteiger partial charge >= 0.3 is 0 Å². The lowest BCUT2D eigenvalue weighted by Gasteiger charge is -2.12. The minimum Gasteiger partial charge on any atom is -0.476 e. The predicted octanol–water partition coefficient (Wildman–Crippen LogP) is 4.21. The third-order valence-corrected chi connectivity index (χ3v) is 2.40. The fourth-order valence-corrected chi connectivity index (χ4v) is 1.74. The van der Waals surface area contributed by atoms with E-state index in [9.17, 15) is 0 Å². The van der Waals surface area contributed by atoms with E-state index < -0.39 is 0 Å². The average Bonchev–Trinajstić information content (AvgIpc) is 2.01. The Morgan fingerprint density at radius 2 is 1.71 bits per heavy atom. The van der Waals surface area contributed by atoms with E-state index in [1.165, 1.54) is 25.7 Å². The van der Waals surface area contributed by atoms with Crippen molar-refractivity contribution in [2.24, 2.45) is 5.92 Å². The van der Waals surface area contributed by atoms with Gasteiger partial charge in [-0.25, -0.2) is 0 Å². The molecule has 0 aliphatic heterocycles. The zero-order valence-corrected chi connectivity index (χ0v) is 11.2. The van der Waals surface area contributed by atoms with Crippen molar-refractivity contribution in [3.8, 4) is 0 Å². The van der Waals surface area contributed by atoms with Gasteiger partial charge in [-0.15, -0.1) is 0 Å². The maximum atomic E-state index is 5.27. The van der Waals surface area contributed by atoms with E-state index in [-0.39, 0.29) is 6.10 Å². The number of thiocarbonyl (C=S) groups is 1. The van der Waals surface area contributed by atoms with Gasteiger partial charge in [0.15, 0.2) is 0 Å². The van der Waals surface area contributed by atoms with E-state index >= 15 is 0 Å². The molecule has 84 valence electrons. The Morgan fingerprint density at radius 3 is 2.21 bits per heavy atom. The molecule has 0 aromatic rings. The van der Waals surface area contributed by atoms with Crippen molar-refractivity contribution in [1.82, 2.24) is 0 Å². The first kappa shape index (κ1) is 14.2. The topological polar surface area (TPSA) is 9.23 Å². The van der Waals surface area contributed by atoms with Crippen LogP contribution in [0.2, 0.25) is 0 Å². The second-order valence-electron chi connectivity index (χ2n) is 4.23. The Labute approximate surface area is 99.0 Å². The molecule has 1 atom stereocenters. The van der Waals surface area contributed by atoms with Crippen LogP contribution in [0, 0.1) is 5.92 Å². The van der Waals surface area contributed by atoms with Crippen molar-refractivity contribution in [2.45, 2.75) is 59.0 Å². The molecule has 0 spiro atoms. The van der Waals surface area contributed by atoms with Crippen LogP contribution < -0.4 is 0 Å². The maximum Gasteiger partial charge on any atom is 0.217 e. The molecule has 0 rings (SSSR count). The van der Waals surface area contributed by atoms with Crippen molar-refractivity contribution in [3.63, 3.8) is 0 Å². The zero-order valence-electron chi connectivity index (χ0n) is 9.45. The first-order chi connectivity index (χ1) is 6.52. The van der Waals surface area contributed by atoms with Crippen LogP contribution >= 0.6 is 24.8 Å². The molecule has 0 radical (unpaired) electrons. The summed E-state index contributed by atoms with van der Waals surface area (Å²) in [6, 6.07) is 0. The van der Waals surface area contributed by atoms with Crippen LogP contribution in [0.3, 0.4) is 0 Å². The van der Waals surface area contributed by atoms with E-state index in [1.54, 1.807) is 0 Å². The van der Waals surface area contributed by atoms with Crippen LogP contribution in [-0.4, -0.2) is 10.5 Å². The van der Waals surface area contributed by atoms with Gasteiger partial charge in [0.25, 0.3) is 0 Å². The number of unbranched alkanes of at least 4 members (excludes halogenated alkanes) is 2. The summed E-state index contributed by atoms with van der Waals surface area (Å²) in [7, 11) is 0. The molecule has 0 N–H and O–H groups in total. The molecule has 0 bridgehead atoms. The highest BCUT2D eigenvalue weighted by molar-refractivity contribution is 8.10. The SMILES string of the molecule is CC(C)CCCCCC(C)OC(=S)S. The van der Waals surface area contributed by atoms with Crippen LogP contribution in [0.1, 0.15) is 52.9 Å². The van der Waals surface area contributed by atoms with E-state index in [0.717, 1.165) is 12.3 Å². The van der Waals surface area contributed by atoms with Crippen molar-refractivity contribution < 1.29 is 4.74 Å². The third-order valence-electron chi connectivity index (χ3n) is 2.19. The third kappa shape index (κ3) is 10.3. The summed E-state index contributed by atoms with van der Waals surface area (Å²) in [5.74, 6) is 0.827. The molecule has 1 nitrogen and oxygen atoms in total. The smallest absolute Gasteiger partial charge is 0.217 e. The Balaban J connectivity index is 3.23. The lowest BCUT2D eigenvalue weighted by molar-refractivity contribution is 0.205. The summed E-state index contributed by atoms with van der Waals surface area (Å²) < 4.78 is 5.63. The van der Waals surface area contributed by atoms with Gasteiger partial charge in [-0.1, -0.05) is 45.7 Å². The molecule has 0 saturated carbocycles. The highest BCUT2D eigenvalue weighted by atomic mass is 32.1. The maximum absolute atomic E-state index is 5.27. The summed E-state index contributed by atoms with van der Waals surface area (Å²) in [5.41, 5.74) is 0. The van der Waals surface area contributed by atoms with Crippen LogP contribution in [0.4, 0.5) is 0 Å². The minimum absolute atomic E-state index is 0.221. The van der Waals surface area contributed by atoms with E-state index in [4.69, 9.17) is 17.0 Å². The van der Waals surface area contributed by atoms with E-state index in [2.05, 4.69) is 26.5 Å². The molecule has 0 fully saturated rings. The van der Waals surface area contributed by atoms with Crippen LogP contribution in [-0.2, 0) is 4.74 Å². The molecule has 0 heterocycles. The molecule has 0 aromatic heterocycles. The van der Waals surface area contributed by atoms with Crippen molar-refractivity contribution in [2.75, 3.05) is 0 Å². The molecule has 1 unspecified atom stereocenters. The highest BCUT2D eigenvalue weighted by Gasteiger charge is 2.03. The van der Waals surface area contributed by atoms with Gasteiger partial charge in [-0.05, 0) is 37.9 Å². The monoisotopic (exact) mass is 234 g/mol. The Morgan fingerprint density at radius 1 is 1.14 bits per heavy atom. The quantitative estimate of drug-likeness (QED) is 0.401. The number of ether oxygens (including phenoxy) is 1. The average molecular weight is 234 g/mol. The first-order valence-corrected chi connectivity index (χ1v) is 6.27. The van der Waals surface area contributed by atoms with Gasteiger partial charge in [-0.2, -0.15) is 0 Å². The summed E-state index contributed by atoms with van der Waals surface area (Å²) >= 11 is 8.69. The van der Waals surface area contributed by atoms with Gasteiger partial charge in [0, 0.05) is 0 Å². The number of thiol groups is 1. The van der Waals surface area contributed by atoms with Gasteiger partial charge in [0.05, 0.1) is 6.10 Å². The molecule has 14 heavy (non-hydrogen) atoms. The van der Waals surface area contributed by atoms with Gasteiger partial charge in [-0.3, -0.25) is 0 Å². The number of hydrogen-bond acceptors (Lipinski definition) is 2. The van der Waals surface area contributed by atoms with Gasteiger partial charge in [0.2, 0.25) is 4.38 Å². The first-order valence-electron chi connectivity index (χ1n) is 5.42. The van der Waals surface area contributed by atoms with E-state index in [1.807, 2.05) is 6.92 Å². The molecule has 0 saturated heterocycles. The molecule has 0 aromatic carbocycles. The summed E-state index contributed by atoms with van der Waals surface area (Å²) in [4.78, 5) is 0. The summed E-state index contributed by atoms with van der Waals surface area (Å²) in [5, 5.41) is 0. The summed E-state index contributed by atoms with van der Waals surface area (Å²) in [6.45, 7) is 6.58. The Bertz CT molecular complexity index is 157. The minimum atomic E-state index is 0.221.